The molecule has 0 saturated carbocycles. The summed E-state index contributed by atoms with van der Waals surface area (Å²) in [7, 11) is 0. The number of thioether (sulfide) groups is 1. The second-order valence-electron chi connectivity index (χ2n) is 8.40. The van der Waals surface area contributed by atoms with Crippen LogP contribution in [0, 0.1) is 11.3 Å². The van der Waals surface area contributed by atoms with Crippen molar-refractivity contribution in [2.75, 3.05) is 11.1 Å². The highest BCUT2D eigenvalue weighted by atomic mass is 32.2. The Kier molecular flexibility index (Phi) is 7.48. The van der Waals surface area contributed by atoms with E-state index in [2.05, 4.69) is 16.5 Å². The van der Waals surface area contributed by atoms with E-state index < -0.39 is 0 Å². The minimum atomic E-state index is -0.269. The van der Waals surface area contributed by atoms with E-state index in [1.165, 1.54) is 22.5 Å². The molecule has 0 fully saturated rings. The van der Waals surface area contributed by atoms with Gasteiger partial charge < -0.3 is 5.32 Å². The van der Waals surface area contributed by atoms with Crippen molar-refractivity contribution in [2.45, 2.75) is 11.4 Å². The first kappa shape index (κ1) is 24.8. The van der Waals surface area contributed by atoms with Crippen molar-refractivity contribution in [3.63, 3.8) is 0 Å². The van der Waals surface area contributed by atoms with Crippen LogP contribution in [0.4, 0.5) is 5.82 Å². The van der Waals surface area contributed by atoms with Gasteiger partial charge in [0.1, 0.15) is 16.9 Å². The third kappa shape index (κ3) is 5.59. The average molecular weight is 518 g/mol. The molecule has 0 radical (unpaired) electrons. The van der Waals surface area contributed by atoms with Crippen LogP contribution >= 0.6 is 11.8 Å². The molecule has 0 aliphatic heterocycles. The smallest absolute Gasteiger partial charge is 0.273 e. The van der Waals surface area contributed by atoms with Crippen molar-refractivity contribution in [1.29, 1.82) is 5.26 Å². The van der Waals surface area contributed by atoms with Crippen LogP contribution in [-0.4, -0.2) is 26.4 Å². The molecule has 0 unspecified atom stereocenters. The summed E-state index contributed by atoms with van der Waals surface area (Å²) in [5.41, 5.74) is 4.32. The monoisotopic (exact) mass is 517 g/mol. The number of aromatic amines is 1. The highest BCUT2D eigenvalue weighted by Crippen LogP contribution is 2.34. The number of hydrogen-bond acceptors (Lipinski definition) is 5. The zero-order chi connectivity index (χ0) is 26.3. The Labute approximate surface area is 223 Å². The Bertz CT molecular complexity index is 1660. The number of nitrogens with one attached hydrogen (secondary N) is 2. The van der Waals surface area contributed by atoms with Crippen LogP contribution < -0.4 is 10.9 Å². The van der Waals surface area contributed by atoms with Gasteiger partial charge in [-0.25, -0.2) is 9.67 Å². The van der Waals surface area contributed by atoms with E-state index in [9.17, 15) is 14.9 Å². The summed E-state index contributed by atoms with van der Waals surface area (Å²) >= 11 is 1.36. The molecule has 2 heterocycles. The van der Waals surface area contributed by atoms with E-state index >= 15 is 0 Å². The molecular formula is C30H23N5O2S. The largest absolute Gasteiger partial charge is 0.311 e. The normalized spacial score (nSPS) is 10.6. The molecule has 2 N–H and O–H groups in total. The molecule has 3 aromatic carbocycles. The molecule has 0 bridgehead atoms. The second-order valence-corrected chi connectivity index (χ2v) is 9.49. The minimum Gasteiger partial charge on any atom is -0.311 e. The molecule has 7 nitrogen and oxygen atoms in total. The van der Waals surface area contributed by atoms with Crippen molar-refractivity contribution in [3.8, 4) is 34.1 Å². The number of aromatic nitrogens is 3. The second kappa shape index (κ2) is 11.5. The zero-order valence-electron chi connectivity index (χ0n) is 20.3. The Morgan fingerprint density at radius 1 is 0.921 bits per heavy atom. The maximum absolute atomic E-state index is 12.6. The summed E-state index contributed by atoms with van der Waals surface area (Å²) in [6.45, 7) is 0. The molecule has 0 saturated heterocycles. The van der Waals surface area contributed by atoms with E-state index in [0.29, 0.717) is 27.8 Å². The van der Waals surface area contributed by atoms with Crippen LogP contribution in [0.1, 0.15) is 12.0 Å². The zero-order valence-corrected chi connectivity index (χ0v) is 21.1. The van der Waals surface area contributed by atoms with Gasteiger partial charge in [-0.1, -0.05) is 78.9 Å². The number of nitriles is 1. The van der Waals surface area contributed by atoms with Crippen molar-refractivity contribution in [3.05, 3.63) is 119 Å². The summed E-state index contributed by atoms with van der Waals surface area (Å²) in [4.78, 5) is 29.8. The Balaban J connectivity index is 1.34. The first-order valence-electron chi connectivity index (χ1n) is 12.0. The van der Waals surface area contributed by atoms with Crippen molar-refractivity contribution >= 4 is 23.5 Å². The average Bonchev–Trinajstić information content (AvgIpc) is 3.33. The van der Waals surface area contributed by atoms with Gasteiger partial charge in [-0.2, -0.15) is 5.26 Å². The predicted octanol–water partition coefficient (Wildman–Crippen LogP) is 5.89. The van der Waals surface area contributed by atoms with Crippen molar-refractivity contribution in [2.24, 2.45) is 0 Å². The minimum absolute atomic E-state index is 0.173. The number of rotatable bonds is 8. The van der Waals surface area contributed by atoms with E-state index in [1.54, 1.807) is 12.1 Å². The number of amides is 1. The first-order chi connectivity index (χ1) is 18.6. The molecule has 0 aliphatic rings. The van der Waals surface area contributed by atoms with Gasteiger partial charge in [0.2, 0.25) is 5.91 Å². The summed E-state index contributed by atoms with van der Waals surface area (Å²) in [5, 5.41) is 16.3. The molecule has 1 amide bonds. The number of H-pyrrole nitrogens is 1. The fourth-order valence-corrected chi connectivity index (χ4v) is 4.96. The summed E-state index contributed by atoms with van der Waals surface area (Å²) in [6, 6.07) is 34.3. The first-order valence-corrected chi connectivity index (χ1v) is 13.0. The SMILES string of the molecule is N#Cc1c(-c2ccccc2)cc(-c2ccccc2)nc1SCCC(=O)Nc1cc(=O)n(-c2ccccc2)[nH]1. The van der Waals surface area contributed by atoms with Crippen LogP contribution in [0.5, 0.6) is 0 Å². The quantitative estimate of drug-likeness (QED) is 0.250. The lowest BCUT2D eigenvalue weighted by atomic mass is 9.99. The molecule has 0 aliphatic carbocycles. The predicted molar refractivity (Wildman–Crippen MR) is 150 cm³/mol. The van der Waals surface area contributed by atoms with Gasteiger partial charge in [0.25, 0.3) is 5.56 Å². The van der Waals surface area contributed by atoms with Gasteiger partial charge in [-0.15, -0.1) is 11.8 Å². The molecule has 8 heteroatoms. The van der Waals surface area contributed by atoms with Crippen LogP contribution in [0.3, 0.4) is 0 Å². The Hall–Kier alpha value is -4.87. The van der Waals surface area contributed by atoms with Crippen molar-refractivity contribution < 1.29 is 4.79 Å². The van der Waals surface area contributed by atoms with Crippen molar-refractivity contribution in [1.82, 2.24) is 14.8 Å². The maximum Gasteiger partial charge on any atom is 0.273 e. The molecule has 38 heavy (non-hydrogen) atoms. The number of pyridine rings is 1. The van der Waals surface area contributed by atoms with Crippen LogP contribution in [0.15, 0.2) is 113 Å². The molecular weight excluding hydrogens is 494 g/mol. The lowest BCUT2D eigenvalue weighted by molar-refractivity contribution is -0.115. The molecule has 2 aromatic heterocycles. The number of carbonyl (C=O) groups is 1. The van der Waals surface area contributed by atoms with Crippen LogP contribution in [0.2, 0.25) is 0 Å². The van der Waals surface area contributed by atoms with Gasteiger partial charge in [-0.3, -0.25) is 14.7 Å². The number of carbonyl (C=O) groups excluding carboxylic acids is 1. The highest BCUT2D eigenvalue weighted by molar-refractivity contribution is 7.99. The van der Waals surface area contributed by atoms with E-state index in [1.807, 2.05) is 84.9 Å². The number of nitrogens with zero attached hydrogens (tertiary/aromatic N) is 3. The lowest BCUT2D eigenvalue weighted by Crippen LogP contribution is -2.14. The fraction of sp³-hybridized carbons (Fsp3) is 0.0667. The van der Waals surface area contributed by atoms with E-state index in [0.717, 1.165) is 22.4 Å². The van der Waals surface area contributed by atoms with Gasteiger partial charge in [0.05, 0.1) is 16.9 Å². The fourth-order valence-electron chi connectivity index (χ4n) is 4.02. The van der Waals surface area contributed by atoms with E-state index in [4.69, 9.17) is 4.98 Å². The number of para-hydroxylation sites is 1. The Morgan fingerprint density at radius 3 is 2.21 bits per heavy atom. The summed E-state index contributed by atoms with van der Waals surface area (Å²) in [5.74, 6) is 0.478. The molecule has 186 valence electrons. The van der Waals surface area contributed by atoms with Crippen LogP contribution in [0.25, 0.3) is 28.1 Å². The van der Waals surface area contributed by atoms with Gasteiger partial charge >= 0.3 is 0 Å². The summed E-state index contributed by atoms with van der Waals surface area (Å²) < 4.78 is 1.37. The van der Waals surface area contributed by atoms with E-state index in [-0.39, 0.29) is 17.9 Å². The number of anilines is 1. The van der Waals surface area contributed by atoms with Gasteiger partial charge in [-0.05, 0) is 23.8 Å². The topological polar surface area (TPSA) is 104 Å². The molecule has 5 rings (SSSR count). The third-order valence-electron chi connectivity index (χ3n) is 5.83. The molecule has 0 spiro atoms. The van der Waals surface area contributed by atoms with Crippen LogP contribution in [-0.2, 0) is 4.79 Å². The number of benzene rings is 3. The third-order valence-corrected chi connectivity index (χ3v) is 6.81. The molecule has 0 atom stereocenters. The summed E-state index contributed by atoms with van der Waals surface area (Å²) in [6.07, 6.45) is 0.173. The Morgan fingerprint density at radius 2 is 1.55 bits per heavy atom. The van der Waals surface area contributed by atoms with Gasteiger partial charge in [0, 0.05) is 29.4 Å². The maximum atomic E-state index is 12.6. The number of hydrogen-bond donors (Lipinski definition) is 2. The standard InChI is InChI=1S/C30H23N5O2S/c31-20-25-24(21-10-4-1-5-11-21)18-26(22-12-6-2-7-13-22)32-30(25)38-17-16-28(36)33-27-19-29(37)35(34-27)23-14-8-3-9-15-23/h1-15,18-19,34H,16-17H2,(H,33,36). The highest BCUT2D eigenvalue weighted by Gasteiger charge is 2.16. The van der Waals surface area contributed by atoms with Gasteiger partial charge in [0.15, 0.2) is 0 Å². The lowest BCUT2D eigenvalue weighted by Gasteiger charge is -2.12. The molecule has 5 aromatic rings.